The van der Waals surface area contributed by atoms with Gasteiger partial charge in [-0.2, -0.15) is 0 Å². The number of carbonyl (C=O) groups is 2. The molecule has 7 nitrogen and oxygen atoms in total. The minimum atomic E-state index is -0.528. The Morgan fingerprint density at radius 2 is 1.94 bits per heavy atom. The maximum Gasteiger partial charge on any atom is 0.251 e. The van der Waals surface area contributed by atoms with Gasteiger partial charge in [0.25, 0.3) is 5.91 Å². The molecule has 0 aliphatic carbocycles. The summed E-state index contributed by atoms with van der Waals surface area (Å²) in [4.78, 5) is 34.9. The minimum absolute atomic E-state index is 0.145. The highest BCUT2D eigenvalue weighted by molar-refractivity contribution is 7.16. The van der Waals surface area contributed by atoms with E-state index in [0.717, 1.165) is 53.7 Å². The molecule has 0 spiro atoms. The number of piperazine rings is 1. The van der Waals surface area contributed by atoms with Gasteiger partial charge in [0.2, 0.25) is 5.91 Å². The van der Waals surface area contributed by atoms with Crippen LogP contribution in [-0.2, 0) is 17.8 Å². The molecule has 3 N–H and O–H groups in total. The van der Waals surface area contributed by atoms with Crippen molar-refractivity contribution >= 4 is 39.5 Å². The molecule has 33 heavy (non-hydrogen) atoms. The van der Waals surface area contributed by atoms with E-state index in [9.17, 15) is 9.59 Å². The second-order valence-corrected chi connectivity index (χ2v) is 10.6. The second kappa shape index (κ2) is 10.1. The highest BCUT2D eigenvalue weighted by Gasteiger charge is 2.20. The average molecular weight is 484 g/mol. The van der Waals surface area contributed by atoms with Crippen LogP contribution in [0.25, 0.3) is 10.6 Å². The number of nitrogens with two attached hydrogens (primary N) is 1. The second-order valence-electron chi connectivity index (χ2n) is 8.50. The third kappa shape index (κ3) is 5.67. The Kier molecular flexibility index (Phi) is 7.23. The van der Waals surface area contributed by atoms with E-state index in [-0.39, 0.29) is 12.3 Å². The molecule has 1 aliphatic rings. The Hall–Kier alpha value is -2.59. The van der Waals surface area contributed by atoms with Gasteiger partial charge in [0.1, 0.15) is 10.0 Å². The molecular formula is C24H29N5O2S2. The van der Waals surface area contributed by atoms with Crippen molar-refractivity contribution in [3.8, 4) is 10.6 Å². The molecule has 1 saturated heterocycles. The molecule has 4 rings (SSSR count). The predicted octanol–water partition coefficient (Wildman–Crippen LogP) is 3.52. The standard InChI is InChI=1S/C24H29N5O2S2/c1-15-16(2)33-24(21(15)22(25)31)27-20(30)12-19-14-32-23(26-19)18-6-4-5-17(11-18)13-29-9-7-28(3)8-10-29/h4-6,11,14H,7-10,12-13H2,1-3H3,(H2,25,31)(H,27,30). The fourth-order valence-electron chi connectivity index (χ4n) is 3.93. The number of thiophene rings is 1. The quantitative estimate of drug-likeness (QED) is 0.537. The van der Waals surface area contributed by atoms with E-state index in [0.29, 0.717) is 16.3 Å². The lowest BCUT2D eigenvalue weighted by molar-refractivity contribution is -0.115. The summed E-state index contributed by atoms with van der Waals surface area (Å²) in [6, 6.07) is 8.48. The van der Waals surface area contributed by atoms with E-state index >= 15 is 0 Å². The maximum atomic E-state index is 12.6. The van der Waals surface area contributed by atoms with Gasteiger partial charge in [-0.15, -0.1) is 22.7 Å². The molecule has 3 heterocycles. The molecule has 2 aromatic heterocycles. The molecule has 0 unspecified atom stereocenters. The van der Waals surface area contributed by atoms with Gasteiger partial charge in [-0.25, -0.2) is 4.98 Å². The highest BCUT2D eigenvalue weighted by Crippen LogP contribution is 2.32. The predicted molar refractivity (Wildman–Crippen MR) is 135 cm³/mol. The number of carbonyl (C=O) groups excluding carboxylic acids is 2. The van der Waals surface area contributed by atoms with Gasteiger partial charge < -0.3 is 16.0 Å². The number of hydrogen-bond donors (Lipinski definition) is 2. The number of likely N-dealkylation sites (N-methyl/N-ethyl adjacent to an activating group) is 1. The number of aromatic nitrogens is 1. The number of rotatable bonds is 7. The fourth-order valence-corrected chi connectivity index (χ4v) is 5.83. The summed E-state index contributed by atoms with van der Waals surface area (Å²) < 4.78 is 0. The van der Waals surface area contributed by atoms with Crippen LogP contribution >= 0.6 is 22.7 Å². The zero-order chi connectivity index (χ0) is 23.5. The molecular weight excluding hydrogens is 454 g/mol. The van der Waals surface area contributed by atoms with Crippen molar-refractivity contribution in [1.29, 1.82) is 0 Å². The Morgan fingerprint density at radius 1 is 1.18 bits per heavy atom. The molecule has 0 bridgehead atoms. The lowest BCUT2D eigenvalue weighted by atomic mass is 10.1. The molecule has 0 radical (unpaired) electrons. The number of anilines is 1. The van der Waals surface area contributed by atoms with Gasteiger partial charge in [-0.05, 0) is 38.1 Å². The van der Waals surface area contributed by atoms with Crippen LogP contribution in [-0.4, -0.2) is 59.8 Å². The summed E-state index contributed by atoms with van der Waals surface area (Å²) in [7, 11) is 2.16. The van der Waals surface area contributed by atoms with Crippen molar-refractivity contribution in [3.05, 3.63) is 56.9 Å². The molecule has 9 heteroatoms. The van der Waals surface area contributed by atoms with Crippen molar-refractivity contribution in [1.82, 2.24) is 14.8 Å². The monoisotopic (exact) mass is 483 g/mol. The Morgan fingerprint density at radius 3 is 2.67 bits per heavy atom. The Labute approximate surface area is 202 Å². The molecule has 3 aromatic rings. The molecule has 2 amide bonds. The summed E-state index contributed by atoms with van der Waals surface area (Å²) in [5.74, 6) is -0.737. The smallest absolute Gasteiger partial charge is 0.251 e. The Balaban J connectivity index is 1.41. The van der Waals surface area contributed by atoms with Gasteiger partial charge >= 0.3 is 0 Å². The van der Waals surface area contributed by atoms with Crippen LogP contribution < -0.4 is 11.1 Å². The number of nitrogens with one attached hydrogen (secondary N) is 1. The summed E-state index contributed by atoms with van der Waals surface area (Å²) in [5, 5.41) is 6.17. The van der Waals surface area contributed by atoms with Crippen molar-refractivity contribution in [2.45, 2.75) is 26.8 Å². The third-order valence-electron chi connectivity index (χ3n) is 5.95. The van der Waals surface area contributed by atoms with Crippen molar-refractivity contribution in [3.63, 3.8) is 0 Å². The van der Waals surface area contributed by atoms with Crippen LogP contribution in [0.3, 0.4) is 0 Å². The van der Waals surface area contributed by atoms with E-state index < -0.39 is 5.91 Å². The number of benzene rings is 1. The van der Waals surface area contributed by atoms with Crippen LogP contribution in [0.2, 0.25) is 0 Å². The largest absolute Gasteiger partial charge is 0.365 e. The topological polar surface area (TPSA) is 91.6 Å². The zero-order valence-corrected chi connectivity index (χ0v) is 20.8. The number of thiazole rings is 1. The number of amides is 2. The first-order valence-corrected chi connectivity index (χ1v) is 12.6. The SMILES string of the molecule is Cc1sc(NC(=O)Cc2csc(-c3cccc(CN4CCN(C)CC4)c3)n2)c(C(N)=O)c1C. The first-order chi connectivity index (χ1) is 15.8. The number of hydrogen-bond acceptors (Lipinski definition) is 7. The van der Waals surface area contributed by atoms with Crippen molar-refractivity contribution < 1.29 is 9.59 Å². The summed E-state index contributed by atoms with van der Waals surface area (Å²) >= 11 is 2.91. The van der Waals surface area contributed by atoms with Crippen LogP contribution in [0, 0.1) is 13.8 Å². The van der Waals surface area contributed by atoms with Crippen molar-refractivity contribution in [2.75, 3.05) is 38.5 Å². The van der Waals surface area contributed by atoms with E-state index in [1.807, 2.05) is 19.2 Å². The third-order valence-corrected chi connectivity index (χ3v) is 8.02. The van der Waals surface area contributed by atoms with Gasteiger partial charge in [0.15, 0.2) is 0 Å². The van der Waals surface area contributed by atoms with E-state index in [2.05, 4.69) is 51.4 Å². The van der Waals surface area contributed by atoms with Crippen LogP contribution in [0.1, 0.15) is 32.1 Å². The molecule has 1 aliphatic heterocycles. The number of nitrogens with zero attached hydrogens (tertiary/aromatic N) is 3. The molecule has 0 saturated carbocycles. The van der Waals surface area contributed by atoms with Crippen LogP contribution in [0.15, 0.2) is 29.6 Å². The van der Waals surface area contributed by atoms with Gasteiger partial charge in [0, 0.05) is 48.5 Å². The normalized spacial score (nSPS) is 15.0. The number of primary amides is 1. The fraction of sp³-hybridized carbons (Fsp3) is 0.375. The molecule has 0 atom stereocenters. The van der Waals surface area contributed by atoms with E-state index in [1.54, 1.807) is 0 Å². The zero-order valence-electron chi connectivity index (χ0n) is 19.2. The van der Waals surface area contributed by atoms with Gasteiger partial charge in [0.05, 0.1) is 17.7 Å². The maximum absolute atomic E-state index is 12.6. The van der Waals surface area contributed by atoms with Crippen LogP contribution in [0.4, 0.5) is 5.00 Å². The van der Waals surface area contributed by atoms with Gasteiger partial charge in [-0.3, -0.25) is 14.5 Å². The highest BCUT2D eigenvalue weighted by atomic mass is 32.1. The molecule has 1 fully saturated rings. The summed E-state index contributed by atoms with van der Waals surface area (Å²) in [6.07, 6.45) is 0.145. The van der Waals surface area contributed by atoms with Crippen LogP contribution in [0.5, 0.6) is 0 Å². The lowest BCUT2D eigenvalue weighted by Crippen LogP contribution is -2.43. The van der Waals surface area contributed by atoms with E-state index in [1.165, 1.54) is 28.2 Å². The van der Waals surface area contributed by atoms with Gasteiger partial charge in [-0.1, -0.05) is 18.2 Å². The molecule has 1 aromatic carbocycles. The lowest BCUT2D eigenvalue weighted by Gasteiger charge is -2.32. The Bertz CT molecular complexity index is 1160. The first kappa shape index (κ1) is 23.6. The summed E-state index contributed by atoms with van der Waals surface area (Å²) in [6.45, 7) is 9.05. The molecule has 174 valence electrons. The van der Waals surface area contributed by atoms with Crippen molar-refractivity contribution in [2.24, 2.45) is 5.73 Å². The van der Waals surface area contributed by atoms with E-state index in [4.69, 9.17) is 5.73 Å². The number of aryl methyl sites for hydroxylation is 1. The first-order valence-electron chi connectivity index (χ1n) is 10.9. The summed E-state index contributed by atoms with van der Waals surface area (Å²) in [5.41, 5.74) is 9.76. The average Bonchev–Trinajstić information content (AvgIpc) is 3.34. The minimum Gasteiger partial charge on any atom is -0.365 e.